The summed E-state index contributed by atoms with van der Waals surface area (Å²) in [7, 11) is 0. The molecule has 0 spiro atoms. The second-order valence-corrected chi connectivity index (χ2v) is 9.27. The molecule has 196 valence electrons. The molecule has 4 N–H and O–H groups in total. The maximum atomic E-state index is 12.8. The van der Waals surface area contributed by atoms with Crippen molar-refractivity contribution in [3.63, 3.8) is 0 Å². The molecular formula is C25H29N5O7. The molecule has 4 rings (SSSR count). The molecule has 2 aromatic carbocycles. The molecule has 1 fully saturated rings. The first kappa shape index (κ1) is 25.7. The van der Waals surface area contributed by atoms with Crippen molar-refractivity contribution < 1.29 is 29.2 Å². The highest BCUT2D eigenvalue weighted by atomic mass is 16.6. The molecule has 0 bridgehead atoms. The van der Waals surface area contributed by atoms with Gasteiger partial charge in [-0.1, -0.05) is 24.3 Å². The number of amides is 3. The van der Waals surface area contributed by atoms with E-state index in [1.54, 1.807) is 17.9 Å². The average molecular weight is 512 g/mol. The number of anilines is 2. The zero-order valence-electron chi connectivity index (χ0n) is 20.4. The Bertz CT molecular complexity index is 1230. The van der Waals surface area contributed by atoms with Gasteiger partial charge in [-0.15, -0.1) is 0 Å². The molecule has 3 amide bonds. The molecule has 0 unspecified atom stereocenters. The predicted molar refractivity (Wildman–Crippen MR) is 134 cm³/mol. The first-order chi connectivity index (χ1) is 17.6. The highest BCUT2D eigenvalue weighted by Gasteiger charge is 2.33. The second-order valence-electron chi connectivity index (χ2n) is 9.27. The van der Waals surface area contributed by atoms with Gasteiger partial charge in [0.05, 0.1) is 4.92 Å². The van der Waals surface area contributed by atoms with Crippen molar-refractivity contribution in [2.75, 3.05) is 30.7 Å². The summed E-state index contributed by atoms with van der Waals surface area (Å²) in [6.07, 6.45) is -0.767. The minimum Gasteiger partial charge on any atom is -0.478 e. The number of nitrogen functional groups attached to an aromatic ring is 1. The Morgan fingerprint density at radius 1 is 1.24 bits per heavy atom. The zero-order valence-corrected chi connectivity index (χ0v) is 20.4. The summed E-state index contributed by atoms with van der Waals surface area (Å²) in [4.78, 5) is 51.2. The fraction of sp³-hybridized carbons (Fsp3) is 0.400. The lowest BCUT2D eigenvalue weighted by Crippen LogP contribution is -2.50. The van der Waals surface area contributed by atoms with E-state index in [2.05, 4.69) is 5.32 Å². The first-order valence-electron chi connectivity index (χ1n) is 12.0. The lowest BCUT2D eigenvalue weighted by Gasteiger charge is -2.37. The number of aliphatic carboxylic acids is 1. The van der Waals surface area contributed by atoms with Crippen molar-refractivity contribution in [3.05, 3.63) is 63.2 Å². The third-order valence-corrected chi connectivity index (χ3v) is 6.87. The van der Waals surface area contributed by atoms with Crippen molar-refractivity contribution in [2.24, 2.45) is 0 Å². The van der Waals surface area contributed by atoms with E-state index in [0.717, 1.165) is 17.7 Å². The van der Waals surface area contributed by atoms with Gasteiger partial charge in [-0.05, 0) is 48.9 Å². The summed E-state index contributed by atoms with van der Waals surface area (Å²) in [6, 6.07) is 10.2. The summed E-state index contributed by atoms with van der Waals surface area (Å²) >= 11 is 0. The number of piperidine rings is 1. The van der Waals surface area contributed by atoms with Gasteiger partial charge in [0.25, 0.3) is 5.69 Å². The van der Waals surface area contributed by atoms with Gasteiger partial charge in [0, 0.05) is 43.9 Å². The number of nitrogens with one attached hydrogen (secondary N) is 1. The normalized spacial score (nSPS) is 16.8. The first-order valence-corrected chi connectivity index (χ1v) is 12.0. The van der Waals surface area contributed by atoms with E-state index < -0.39 is 23.1 Å². The van der Waals surface area contributed by atoms with E-state index in [0.29, 0.717) is 43.6 Å². The van der Waals surface area contributed by atoms with Gasteiger partial charge in [0.1, 0.15) is 5.69 Å². The Labute approximate surface area is 213 Å². The molecule has 2 aromatic rings. The fourth-order valence-electron chi connectivity index (χ4n) is 4.81. The molecular weight excluding hydrogens is 482 g/mol. The van der Waals surface area contributed by atoms with Gasteiger partial charge in [-0.3, -0.25) is 10.1 Å². The molecule has 0 aromatic heterocycles. The number of benzene rings is 2. The number of likely N-dealkylation sites (tertiary alicyclic amines) is 1. The largest absolute Gasteiger partial charge is 0.478 e. The Kier molecular flexibility index (Phi) is 7.46. The third kappa shape index (κ3) is 5.74. The Balaban J connectivity index is 1.35. The molecule has 12 nitrogen and oxygen atoms in total. The van der Waals surface area contributed by atoms with Crippen LogP contribution < -0.4 is 11.1 Å². The number of carboxylic acid groups (broad SMARTS) is 1. The van der Waals surface area contributed by atoms with Crippen LogP contribution in [0.1, 0.15) is 29.5 Å². The van der Waals surface area contributed by atoms with Crippen molar-refractivity contribution >= 4 is 35.2 Å². The molecule has 1 saturated heterocycles. The number of ether oxygens (including phenoxy) is 1. The Hall–Kier alpha value is -4.35. The summed E-state index contributed by atoms with van der Waals surface area (Å²) in [5.74, 6) is -1.36. The summed E-state index contributed by atoms with van der Waals surface area (Å²) in [5.41, 5.74) is 8.05. The van der Waals surface area contributed by atoms with Crippen LogP contribution in [-0.2, 0) is 22.4 Å². The van der Waals surface area contributed by atoms with Gasteiger partial charge in [-0.2, -0.15) is 0 Å². The van der Waals surface area contributed by atoms with Crippen LogP contribution in [0.4, 0.5) is 26.7 Å². The van der Waals surface area contributed by atoms with Crippen LogP contribution in [0.2, 0.25) is 0 Å². The Morgan fingerprint density at radius 2 is 1.95 bits per heavy atom. The monoisotopic (exact) mass is 511 g/mol. The number of nitro groups is 1. The Morgan fingerprint density at radius 3 is 2.62 bits per heavy atom. The molecule has 12 heteroatoms. The van der Waals surface area contributed by atoms with Crippen LogP contribution in [0.15, 0.2) is 36.4 Å². The summed E-state index contributed by atoms with van der Waals surface area (Å²) in [6.45, 7) is 2.76. The van der Waals surface area contributed by atoms with Crippen molar-refractivity contribution in [1.82, 2.24) is 9.80 Å². The van der Waals surface area contributed by atoms with Gasteiger partial charge in [0.2, 0.25) is 6.10 Å². The number of hydrogen-bond acceptors (Lipinski definition) is 7. The number of aryl methyl sites for hydroxylation is 1. The highest BCUT2D eigenvalue weighted by molar-refractivity contribution is 5.91. The average Bonchev–Trinajstić information content (AvgIpc) is 3.03. The topological polar surface area (TPSA) is 168 Å². The number of hydrogen-bond donors (Lipinski definition) is 3. The summed E-state index contributed by atoms with van der Waals surface area (Å²) in [5, 5.41) is 23.8. The maximum Gasteiger partial charge on any atom is 0.410 e. The van der Waals surface area contributed by atoms with Crippen LogP contribution in [0.3, 0.4) is 0 Å². The molecule has 0 aliphatic carbocycles. The van der Waals surface area contributed by atoms with E-state index in [4.69, 9.17) is 10.5 Å². The van der Waals surface area contributed by atoms with Crippen LogP contribution >= 0.6 is 0 Å². The number of para-hydroxylation sites is 1. The molecule has 2 aliphatic rings. The van der Waals surface area contributed by atoms with Gasteiger partial charge in [0.15, 0.2) is 0 Å². The molecule has 2 heterocycles. The van der Waals surface area contributed by atoms with Gasteiger partial charge >= 0.3 is 18.1 Å². The van der Waals surface area contributed by atoms with Crippen LogP contribution in [-0.4, -0.2) is 69.7 Å². The van der Waals surface area contributed by atoms with E-state index in [1.165, 1.54) is 11.0 Å². The maximum absolute atomic E-state index is 12.8. The van der Waals surface area contributed by atoms with Gasteiger partial charge in [-0.25, -0.2) is 14.4 Å². The van der Waals surface area contributed by atoms with Crippen LogP contribution in [0.5, 0.6) is 0 Å². The highest BCUT2D eigenvalue weighted by Crippen LogP contribution is 2.28. The molecule has 0 saturated carbocycles. The lowest BCUT2D eigenvalue weighted by molar-refractivity contribution is -0.384. The second kappa shape index (κ2) is 10.7. The zero-order chi connectivity index (χ0) is 26.7. The smallest absolute Gasteiger partial charge is 0.410 e. The predicted octanol–water partition coefficient (Wildman–Crippen LogP) is 3.17. The molecule has 37 heavy (non-hydrogen) atoms. The van der Waals surface area contributed by atoms with E-state index >= 15 is 0 Å². The quantitative estimate of drug-likeness (QED) is 0.302. The number of rotatable bonds is 6. The van der Waals surface area contributed by atoms with Crippen LogP contribution in [0, 0.1) is 17.0 Å². The number of urea groups is 1. The minimum absolute atomic E-state index is 0.00228. The number of carboxylic acids is 1. The lowest BCUT2D eigenvalue weighted by atomic mass is 10.0. The number of nitrogens with zero attached hydrogens (tertiary/aromatic N) is 3. The van der Waals surface area contributed by atoms with Crippen molar-refractivity contribution in [3.8, 4) is 0 Å². The van der Waals surface area contributed by atoms with E-state index in [-0.39, 0.29) is 29.9 Å². The third-order valence-electron chi connectivity index (χ3n) is 6.87. The molecule has 2 aliphatic heterocycles. The number of nitrogens with two attached hydrogens (primary N) is 1. The fourth-order valence-corrected chi connectivity index (χ4v) is 4.81. The molecule has 0 radical (unpaired) electrons. The number of fused-ring (bicyclic) bond motifs is 1. The SMILES string of the molecule is Cc1cc(C[C@@H](OC(=O)N2CCC(N3CCc4ccccc4NC3=O)CC2)C(=O)O)cc([N+](=O)[O-])c1N. The van der Waals surface area contributed by atoms with Crippen molar-refractivity contribution in [1.29, 1.82) is 0 Å². The molecule has 1 atom stereocenters. The van der Waals surface area contributed by atoms with Gasteiger partial charge < -0.3 is 30.7 Å². The van der Waals surface area contributed by atoms with E-state index in [9.17, 15) is 29.6 Å². The number of carbonyl (C=O) groups is 3. The van der Waals surface area contributed by atoms with E-state index in [1.807, 2.05) is 24.3 Å². The number of carbonyl (C=O) groups excluding carboxylic acids is 2. The number of nitro benzene ring substituents is 1. The minimum atomic E-state index is -1.53. The van der Waals surface area contributed by atoms with Crippen LogP contribution in [0.25, 0.3) is 0 Å². The van der Waals surface area contributed by atoms with Crippen molar-refractivity contribution in [2.45, 2.75) is 44.8 Å². The summed E-state index contributed by atoms with van der Waals surface area (Å²) < 4.78 is 5.28. The standard InChI is InChI=1S/C25H29N5O7/c1-15-12-16(13-20(22(15)26)30(35)36)14-21(23(31)32)37-25(34)28-9-7-18(8-10-28)29-11-6-17-4-2-3-5-19(17)27-24(29)33/h2-5,12-13,18,21H,6-11,14,26H2,1H3,(H,27,33)(H,31,32)/t21-/m1/s1.